The van der Waals surface area contributed by atoms with Crippen LogP contribution >= 0.6 is 23.2 Å². The summed E-state index contributed by atoms with van der Waals surface area (Å²) in [4.78, 5) is 40.8. The minimum atomic E-state index is -4.92. The third kappa shape index (κ3) is 8.39. The van der Waals surface area contributed by atoms with Gasteiger partial charge in [-0.3, -0.25) is 18.8 Å². The Bertz CT molecular complexity index is 2300. The topological polar surface area (TPSA) is 126 Å². The molecule has 0 aliphatic carbocycles. The van der Waals surface area contributed by atoms with Gasteiger partial charge >= 0.3 is 6.36 Å². The van der Waals surface area contributed by atoms with E-state index in [0.717, 1.165) is 6.42 Å². The van der Waals surface area contributed by atoms with E-state index in [1.807, 2.05) is 12.1 Å². The molecule has 4 N–H and O–H groups in total. The number of fused-ring (bicyclic) bond motifs is 1. The average molecular weight is 780 g/mol. The second-order valence-electron chi connectivity index (χ2n) is 13.3. The van der Waals surface area contributed by atoms with E-state index in [9.17, 15) is 27.6 Å². The van der Waals surface area contributed by atoms with Crippen molar-refractivity contribution in [2.24, 2.45) is 0 Å². The molecule has 2 aliphatic rings. The number of ether oxygens (including phenoxy) is 1. The lowest BCUT2D eigenvalue weighted by atomic mass is 9.95. The number of nitrogens with zero attached hydrogens (tertiary/aromatic N) is 2. The van der Waals surface area contributed by atoms with Crippen molar-refractivity contribution in [1.82, 2.24) is 30.7 Å². The molecule has 2 aromatic heterocycles. The standard InChI is InChI=1S/C39H35Cl2F3N6O4/c40-36-28(22-7-8-24(32(15-22)54-39(42,43)44)17-45-20-26-9-11-34(51)48-26)3-1-5-30(36)31-6-2-4-29(37(31)41)23-13-14-50-33(16-23)47-19-25(38(50)53)18-46-21-27-10-12-35(52)49-27/h1-8,13-16,19,26-27,45-46H,9-12,17-18,20-21H2,(H,48,51)(H,49,52)/t26-,27+/m0/s1. The average Bonchev–Trinajstić information content (AvgIpc) is 3.76. The van der Waals surface area contributed by atoms with Gasteiger partial charge in [-0.25, -0.2) is 4.98 Å². The van der Waals surface area contributed by atoms with E-state index in [2.05, 4.69) is 31.0 Å². The molecule has 3 aromatic carbocycles. The number of carbonyl (C=O) groups excluding carboxylic acids is 2. The van der Waals surface area contributed by atoms with Crippen molar-refractivity contribution in [3.8, 4) is 39.1 Å². The van der Waals surface area contributed by atoms with Gasteiger partial charge in [0.25, 0.3) is 5.56 Å². The van der Waals surface area contributed by atoms with Crippen LogP contribution in [0, 0.1) is 0 Å². The molecule has 4 heterocycles. The van der Waals surface area contributed by atoms with Crippen molar-refractivity contribution < 1.29 is 27.5 Å². The molecule has 15 heteroatoms. The molecule has 0 unspecified atom stereocenters. The summed E-state index contributed by atoms with van der Waals surface area (Å²) in [6.45, 7) is 1.35. The second kappa shape index (κ2) is 15.8. The molecule has 0 radical (unpaired) electrons. The number of alkyl halides is 3. The Balaban J connectivity index is 1.13. The number of benzene rings is 3. The summed E-state index contributed by atoms with van der Waals surface area (Å²) in [5.74, 6) is -0.379. The van der Waals surface area contributed by atoms with Gasteiger partial charge in [-0.15, -0.1) is 13.2 Å². The van der Waals surface area contributed by atoms with E-state index in [-0.39, 0.29) is 46.8 Å². The third-order valence-corrected chi connectivity index (χ3v) is 10.4. The normalized spacial score (nSPS) is 17.2. The Kier molecular flexibility index (Phi) is 10.9. The zero-order valence-corrected chi connectivity index (χ0v) is 30.2. The van der Waals surface area contributed by atoms with Crippen LogP contribution in [0.4, 0.5) is 13.2 Å². The van der Waals surface area contributed by atoms with Gasteiger partial charge < -0.3 is 26.0 Å². The highest BCUT2D eigenvalue weighted by molar-refractivity contribution is 6.39. The molecule has 280 valence electrons. The number of aromatic nitrogens is 2. The fourth-order valence-corrected chi connectivity index (χ4v) is 7.51. The van der Waals surface area contributed by atoms with Crippen LogP contribution in [-0.4, -0.2) is 52.7 Å². The van der Waals surface area contributed by atoms with Gasteiger partial charge in [0.2, 0.25) is 11.8 Å². The first kappa shape index (κ1) is 37.4. The van der Waals surface area contributed by atoms with Crippen molar-refractivity contribution in [2.75, 3.05) is 13.1 Å². The molecule has 0 spiro atoms. The molecule has 10 nitrogen and oxygen atoms in total. The Morgan fingerprint density at radius 2 is 1.31 bits per heavy atom. The van der Waals surface area contributed by atoms with E-state index in [1.165, 1.54) is 16.7 Å². The van der Waals surface area contributed by atoms with Crippen molar-refractivity contribution in [3.05, 3.63) is 111 Å². The van der Waals surface area contributed by atoms with E-state index >= 15 is 0 Å². The predicted octanol–water partition coefficient (Wildman–Crippen LogP) is 6.64. The summed E-state index contributed by atoms with van der Waals surface area (Å²) in [5.41, 5.74) is 4.39. The van der Waals surface area contributed by atoms with E-state index < -0.39 is 6.36 Å². The fourth-order valence-electron chi connectivity index (χ4n) is 6.84. The molecule has 2 saturated heterocycles. The first-order valence-corrected chi connectivity index (χ1v) is 18.2. The number of hydrogen-bond acceptors (Lipinski definition) is 7. The Labute approximate surface area is 318 Å². The van der Waals surface area contributed by atoms with Crippen molar-refractivity contribution >= 4 is 40.7 Å². The lowest BCUT2D eigenvalue weighted by molar-refractivity contribution is -0.274. The predicted molar refractivity (Wildman–Crippen MR) is 200 cm³/mol. The van der Waals surface area contributed by atoms with E-state index in [4.69, 9.17) is 23.2 Å². The molecule has 2 fully saturated rings. The highest BCUT2D eigenvalue weighted by atomic mass is 35.5. The van der Waals surface area contributed by atoms with Gasteiger partial charge in [0.15, 0.2) is 0 Å². The van der Waals surface area contributed by atoms with Gasteiger partial charge in [0, 0.05) is 96.9 Å². The maximum Gasteiger partial charge on any atom is 0.573 e. The van der Waals surface area contributed by atoms with Crippen LogP contribution in [0.5, 0.6) is 5.75 Å². The zero-order valence-electron chi connectivity index (χ0n) is 28.7. The quantitative estimate of drug-likeness (QED) is 0.112. The molecular weight excluding hydrogens is 744 g/mol. The minimum Gasteiger partial charge on any atom is -0.405 e. The van der Waals surface area contributed by atoms with Crippen LogP contribution in [0.15, 0.2) is 83.9 Å². The molecule has 0 bridgehead atoms. The lowest BCUT2D eigenvalue weighted by Gasteiger charge is -2.18. The number of pyridine rings is 1. The van der Waals surface area contributed by atoms with Crippen molar-refractivity contribution in [1.29, 1.82) is 0 Å². The first-order chi connectivity index (χ1) is 25.9. The van der Waals surface area contributed by atoms with E-state index in [0.29, 0.717) is 94.1 Å². The lowest BCUT2D eigenvalue weighted by Crippen LogP contribution is -2.36. The molecule has 2 aliphatic heterocycles. The number of carbonyl (C=O) groups is 2. The van der Waals surface area contributed by atoms with Gasteiger partial charge in [-0.1, -0.05) is 71.7 Å². The molecule has 2 amide bonds. The van der Waals surface area contributed by atoms with Crippen molar-refractivity contribution in [2.45, 2.75) is 57.2 Å². The van der Waals surface area contributed by atoms with Gasteiger partial charge in [0.1, 0.15) is 11.4 Å². The maximum atomic E-state index is 13.5. The zero-order chi connectivity index (χ0) is 38.0. The van der Waals surface area contributed by atoms with Crippen LogP contribution in [0.25, 0.3) is 39.0 Å². The molecule has 5 aromatic rings. The third-order valence-electron chi connectivity index (χ3n) is 9.57. The molecule has 2 atom stereocenters. The fraction of sp³-hybridized carbons (Fsp3) is 0.282. The first-order valence-electron chi connectivity index (χ1n) is 17.4. The number of hydrogen-bond donors (Lipinski definition) is 4. The van der Waals surface area contributed by atoms with Gasteiger partial charge in [-0.2, -0.15) is 0 Å². The van der Waals surface area contributed by atoms with Crippen LogP contribution in [0.1, 0.15) is 36.8 Å². The molecule has 0 saturated carbocycles. The van der Waals surface area contributed by atoms with Gasteiger partial charge in [0.05, 0.1) is 10.0 Å². The minimum absolute atomic E-state index is 0.0316. The summed E-state index contributed by atoms with van der Waals surface area (Å²) in [7, 11) is 0. The van der Waals surface area contributed by atoms with Crippen LogP contribution in [0.2, 0.25) is 10.0 Å². The number of rotatable bonds is 12. The van der Waals surface area contributed by atoms with Gasteiger partial charge in [-0.05, 0) is 42.2 Å². The van der Waals surface area contributed by atoms with Crippen LogP contribution in [-0.2, 0) is 22.7 Å². The number of nitrogens with one attached hydrogen (secondary N) is 4. The summed E-state index contributed by atoms with van der Waals surface area (Å²) in [6, 6.07) is 18.7. The molecule has 54 heavy (non-hydrogen) atoms. The summed E-state index contributed by atoms with van der Waals surface area (Å²) < 4.78 is 46.4. The van der Waals surface area contributed by atoms with Crippen LogP contribution in [0.3, 0.4) is 0 Å². The number of amides is 2. The largest absolute Gasteiger partial charge is 0.573 e. The van der Waals surface area contributed by atoms with E-state index in [1.54, 1.807) is 54.7 Å². The Hall–Kier alpha value is -4.95. The highest BCUT2D eigenvalue weighted by Gasteiger charge is 2.32. The highest BCUT2D eigenvalue weighted by Crippen LogP contribution is 2.43. The van der Waals surface area contributed by atoms with Crippen molar-refractivity contribution in [3.63, 3.8) is 0 Å². The smallest absolute Gasteiger partial charge is 0.405 e. The summed E-state index contributed by atoms with van der Waals surface area (Å²) >= 11 is 14.0. The Morgan fingerprint density at radius 1 is 0.759 bits per heavy atom. The SMILES string of the molecule is O=C1CC[C@H](CNCc2cnc3cc(-c4cccc(-c5cccc(-c6ccc(CNC[C@@H]7CCC(=O)N7)c(OC(F)(F)F)c6)c5Cl)c4Cl)ccn3c2=O)N1. The van der Waals surface area contributed by atoms with Crippen LogP contribution < -0.4 is 31.6 Å². The molecule has 7 rings (SSSR count). The summed E-state index contributed by atoms with van der Waals surface area (Å²) in [6.07, 6.45) is 0.597. The number of halogens is 5. The Morgan fingerprint density at radius 3 is 1.87 bits per heavy atom. The molecular formula is C39H35Cl2F3N6O4. The second-order valence-corrected chi connectivity index (χ2v) is 14.1. The monoisotopic (exact) mass is 778 g/mol. The summed E-state index contributed by atoms with van der Waals surface area (Å²) in [5, 5.41) is 12.7. The maximum absolute atomic E-state index is 13.5.